The van der Waals surface area contributed by atoms with Gasteiger partial charge in [0, 0.05) is 24.4 Å². The van der Waals surface area contributed by atoms with Crippen molar-refractivity contribution in [1.29, 1.82) is 0 Å². The zero-order chi connectivity index (χ0) is 11.5. The summed E-state index contributed by atoms with van der Waals surface area (Å²) in [6.07, 6.45) is 2.73. The summed E-state index contributed by atoms with van der Waals surface area (Å²) < 4.78 is 0. The van der Waals surface area contributed by atoms with E-state index in [1.807, 2.05) is 0 Å². The number of azide groups is 1. The van der Waals surface area contributed by atoms with Gasteiger partial charge in [0.1, 0.15) is 0 Å². The van der Waals surface area contributed by atoms with Crippen molar-refractivity contribution in [2.45, 2.75) is 37.8 Å². The molecule has 6 nitrogen and oxygen atoms in total. The van der Waals surface area contributed by atoms with E-state index in [2.05, 4.69) is 10.0 Å². The molecule has 2 fully saturated rings. The predicted molar refractivity (Wildman–Crippen MR) is 57.5 cm³/mol. The van der Waals surface area contributed by atoms with Crippen molar-refractivity contribution in [3.05, 3.63) is 10.4 Å². The maximum absolute atomic E-state index is 11.8. The first kappa shape index (κ1) is 11.2. The Labute approximate surface area is 93.9 Å². The Kier molecular flexibility index (Phi) is 3.31. The molecule has 1 N–H and O–H groups in total. The van der Waals surface area contributed by atoms with Crippen LogP contribution in [0.4, 0.5) is 0 Å². The Balaban J connectivity index is 1.96. The van der Waals surface area contributed by atoms with Crippen LogP contribution in [0.3, 0.4) is 0 Å². The Bertz CT molecular complexity index is 327. The molecule has 1 aliphatic heterocycles. The number of aliphatic hydroxyl groups excluding tert-OH is 1. The van der Waals surface area contributed by atoms with Crippen LogP contribution < -0.4 is 0 Å². The highest BCUT2D eigenvalue weighted by atomic mass is 16.3. The van der Waals surface area contributed by atoms with Gasteiger partial charge in [0.2, 0.25) is 5.91 Å². The average Bonchev–Trinajstić information content (AvgIpc) is 2.82. The van der Waals surface area contributed by atoms with Gasteiger partial charge in [-0.2, -0.15) is 0 Å². The molecule has 3 atom stereocenters. The van der Waals surface area contributed by atoms with Gasteiger partial charge in [-0.15, -0.1) is 0 Å². The van der Waals surface area contributed by atoms with Crippen molar-refractivity contribution >= 4 is 5.91 Å². The zero-order valence-electron chi connectivity index (χ0n) is 9.12. The van der Waals surface area contributed by atoms with Crippen LogP contribution in [0.25, 0.3) is 10.4 Å². The lowest BCUT2D eigenvalue weighted by Gasteiger charge is -2.27. The largest absolute Gasteiger partial charge is 0.391 e. The van der Waals surface area contributed by atoms with Gasteiger partial charge in [-0.25, -0.2) is 0 Å². The topological polar surface area (TPSA) is 89.3 Å². The molecule has 2 aliphatic rings. The first-order valence-corrected chi connectivity index (χ1v) is 5.70. The number of hydrogen-bond donors (Lipinski definition) is 1. The quantitative estimate of drug-likeness (QED) is 0.441. The molecule has 88 valence electrons. The summed E-state index contributed by atoms with van der Waals surface area (Å²) in [5, 5.41) is 13.3. The molecule has 0 spiro atoms. The molecule has 2 rings (SSSR count). The summed E-state index contributed by atoms with van der Waals surface area (Å²) in [5.41, 5.74) is 8.23. The predicted octanol–water partition coefficient (Wildman–Crippen LogP) is 1.06. The third-order valence-corrected chi connectivity index (χ3v) is 3.49. The molecule has 1 saturated carbocycles. The van der Waals surface area contributed by atoms with Crippen LogP contribution in [-0.2, 0) is 4.79 Å². The number of hydrogen-bond acceptors (Lipinski definition) is 3. The monoisotopic (exact) mass is 224 g/mol. The van der Waals surface area contributed by atoms with E-state index in [1.165, 1.54) is 0 Å². The van der Waals surface area contributed by atoms with Crippen LogP contribution in [0.2, 0.25) is 0 Å². The second-order valence-corrected chi connectivity index (χ2v) is 4.60. The lowest BCUT2D eigenvalue weighted by Crippen LogP contribution is -2.41. The minimum atomic E-state index is -0.373. The van der Waals surface area contributed by atoms with Crippen LogP contribution in [0.1, 0.15) is 25.7 Å². The third-order valence-electron chi connectivity index (χ3n) is 3.49. The van der Waals surface area contributed by atoms with Gasteiger partial charge in [0.05, 0.1) is 12.1 Å². The number of likely N-dealkylation sites (tertiary alicyclic amines) is 1. The van der Waals surface area contributed by atoms with E-state index in [1.54, 1.807) is 4.90 Å². The van der Waals surface area contributed by atoms with Crippen LogP contribution in [-0.4, -0.2) is 41.1 Å². The summed E-state index contributed by atoms with van der Waals surface area (Å²) in [5.74, 6) is 0.209. The van der Waals surface area contributed by atoms with Crippen molar-refractivity contribution in [3.63, 3.8) is 0 Å². The fraction of sp³-hybridized carbons (Fsp3) is 0.900. The Morgan fingerprint density at radius 1 is 1.56 bits per heavy atom. The molecule has 16 heavy (non-hydrogen) atoms. The van der Waals surface area contributed by atoms with Crippen molar-refractivity contribution in [2.75, 3.05) is 13.1 Å². The Hall–Kier alpha value is -1.26. The fourth-order valence-electron chi connectivity index (χ4n) is 2.69. The molecule has 0 aromatic heterocycles. The molecule has 0 aromatic rings. The van der Waals surface area contributed by atoms with Gasteiger partial charge in [-0.05, 0) is 30.7 Å². The van der Waals surface area contributed by atoms with E-state index in [-0.39, 0.29) is 24.0 Å². The molecular formula is C10H16N4O2. The van der Waals surface area contributed by atoms with E-state index < -0.39 is 0 Å². The highest BCUT2D eigenvalue weighted by Crippen LogP contribution is 2.29. The minimum absolute atomic E-state index is 0.0106. The molecule has 0 aromatic carbocycles. The zero-order valence-corrected chi connectivity index (χ0v) is 9.12. The SMILES string of the molecule is [N-]=[N+]=NCC1CC(=O)N(C2CCCC2O)C1. The van der Waals surface area contributed by atoms with E-state index in [0.29, 0.717) is 19.5 Å². The molecule has 1 amide bonds. The third kappa shape index (κ3) is 2.13. The van der Waals surface area contributed by atoms with Crippen LogP contribution in [0.5, 0.6) is 0 Å². The van der Waals surface area contributed by atoms with Crippen LogP contribution in [0.15, 0.2) is 5.11 Å². The first-order chi connectivity index (χ1) is 7.72. The number of nitrogens with zero attached hydrogens (tertiary/aromatic N) is 4. The molecule has 3 unspecified atom stereocenters. The van der Waals surface area contributed by atoms with E-state index in [4.69, 9.17) is 5.53 Å². The van der Waals surface area contributed by atoms with Crippen molar-refractivity contribution in [2.24, 2.45) is 11.0 Å². The summed E-state index contributed by atoms with van der Waals surface area (Å²) >= 11 is 0. The number of amides is 1. The molecule has 0 radical (unpaired) electrons. The molecule has 6 heteroatoms. The molecule has 1 heterocycles. The number of rotatable bonds is 3. The number of aliphatic hydroxyl groups is 1. The highest BCUT2D eigenvalue weighted by molar-refractivity contribution is 5.79. The lowest BCUT2D eigenvalue weighted by atomic mass is 10.1. The molecular weight excluding hydrogens is 208 g/mol. The fourth-order valence-corrected chi connectivity index (χ4v) is 2.69. The summed E-state index contributed by atoms with van der Waals surface area (Å²) in [4.78, 5) is 16.2. The van der Waals surface area contributed by atoms with Gasteiger partial charge >= 0.3 is 0 Å². The number of carbonyl (C=O) groups is 1. The van der Waals surface area contributed by atoms with Gasteiger partial charge < -0.3 is 10.0 Å². The van der Waals surface area contributed by atoms with E-state index in [9.17, 15) is 9.90 Å². The van der Waals surface area contributed by atoms with Crippen LogP contribution in [0, 0.1) is 5.92 Å². The number of carbonyl (C=O) groups excluding carboxylic acids is 1. The van der Waals surface area contributed by atoms with Gasteiger partial charge in [0.25, 0.3) is 0 Å². The lowest BCUT2D eigenvalue weighted by molar-refractivity contribution is -0.131. The van der Waals surface area contributed by atoms with Gasteiger partial charge in [0.15, 0.2) is 0 Å². The average molecular weight is 224 g/mol. The first-order valence-electron chi connectivity index (χ1n) is 5.70. The van der Waals surface area contributed by atoms with Gasteiger partial charge in [-0.3, -0.25) is 4.79 Å². The van der Waals surface area contributed by atoms with Crippen LogP contribution >= 0.6 is 0 Å². The van der Waals surface area contributed by atoms with E-state index in [0.717, 1.165) is 19.3 Å². The second-order valence-electron chi connectivity index (χ2n) is 4.60. The highest BCUT2D eigenvalue weighted by Gasteiger charge is 2.38. The van der Waals surface area contributed by atoms with Crippen molar-refractivity contribution in [1.82, 2.24) is 4.90 Å². The van der Waals surface area contributed by atoms with E-state index >= 15 is 0 Å². The Morgan fingerprint density at radius 3 is 3.00 bits per heavy atom. The van der Waals surface area contributed by atoms with Gasteiger partial charge in [-0.1, -0.05) is 5.11 Å². The van der Waals surface area contributed by atoms with Crippen molar-refractivity contribution < 1.29 is 9.90 Å². The second kappa shape index (κ2) is 4.72. The molecule has 1 saturated heterocycles. The summed E-state index contributed by atoms with van der Waals surface area (Å²) in [6.45, 7) is 1.00. The molecule has 0 bridgehead atoms. The maximum atomic E-state index is 11.8. The molecule has 1 aliphatic carbocycles. The standard InChI is InChI=1S/C10H16N4O2/c11-13-12-5-7-4-10(16)14(6-7)8-2-1-3-9(8)15/h7-9,15H,1-6H2. The Morgan fingerprint density at radius 2 is 2.38 bits per heavy atom. The normalized spacial score (nSPS) is 34.2. The summed E-state index contributed by atoms with van der Waals surface area (Å²) in [6, 6.07) is -0.0106. The maximum Gasteiger partial charge on any atom is 0.223 e. The van der Waals surface area contributed by atoms with Crippen molar-refractivity contribution in [3.8, 4) is 0 Å². The smallest absolute Gasteiger partial charge is 0.223 e. The summed E-state index contributed by atoms with van der Waals surface area (Å²) in [7, 11) is 0. The minimum Gasteiger partial charge on any atom is -0.391 e.